The molecule has 0 aliphatic carbocycles. The van der Waals surface area contributed by atoms with Gasteiger partial charge in [0, 0.05) is 17.7 Å². The molecule has 1 heterocycles. The average molecular weight is 336 g/mol. The molecule has 2 rings (SSSR count). The second-order valence-corrected chi connectivity index (χ2v) is 6.94. The number of nitrogens with one attached hydrogen (secondary N) is 1. The summed E-state index contributed by atoms with van der Waals surface area (Å²) in [5, 5.41) is 12.4. The highest BCUT2D eigenvalue weighted by molar-refractivity contribution is 7.99. The molecule has 22 heavy (non-hydrogen) atoms. The summed E-state index contributed by atoms with van der Waals surface area (Å²) < 4.78 is 0. The highest BCUT2D eigenvalue weighted by Gasteiger charge is 2.07. The predicted molar refractivity (Wildman–Crippen MR) is 92.3 cm³/mol. The van der Waals surface area contributed by atoms with Crippen LogP contribution in [-0.4, -0.2) is 28.4 Å². The van der Waals surface area contributed by atoms with Crippen LogP contribution >= 0.6 is 23.1 Å². The molecule has 0 spiro atoms. The zero-order valence-electron chi connectivity index (χ0n) is 12.3. The molecule has 0 fully saturated rings. The van der Waals surface area contributed by atoms with E-state index in [1.54, 1.807) is 0 Å². The Labute approximate surface area is 138 Å². The summed E-state index contributed by atoms with van der Waals surface area (Å²) in [4.78, 5) is 12.9. The predicted octanol–water partition coefficient (Wildman–Crippen LogP) is 2.94. The van der Waals surface area contributed by atoms with E-state index in [2.05, 4.69) is 27.6 Å². The molecule has 1 aromatic heterocycles. The minimum absolute atomic E-state index is 0.0483. The minimum Gasteiger partial charge on any atom is -0.330 e. The lowest BCUT2D eigenvalue weighted by atomic mass is 10.3. The van der Waals surface area contributed by atoms with Crippen molar-refractivity contribution in [3.8, 4) is 0 Å². The first kappa shape index (κ1) is 16.9. The number of aromatic nitrogens is 2. The van der Waals surface area contributed by atoms with Crippen LogP contribution in [0.15, 0.2) is 35.2 Å². The third kappa shape index (κ3) is 6.13. The first-order valence-electron chi connectivity index (χ1n) is 7.28. The van der Waals surface area contributed by atoms with Gasteiger partial charge >= 0.3 is 0 Å². The van der Waals surface area contributed by atoms with Crippen LogP contribution in [-0.2, 0) is 11.2 Å². The topological polar surface area (TPSA) is 80.9 Å². The molecule has 5 nitrogen and oxygen atoms in total. The number of anilines is 1. The van der Waals surface area contributed by atoms with Crippen molar-refractivity contribution in [2.24, 2.45) is 5.73 Å². The quantitative estimate of drug-likeness (QED) is 0.543. The third-order valence-electron chi connectivity index (χ3n) is 2.87. The smallest absolute Gasteiger partial charge is 0.226 e. The van der Waals surface area contributed by atoms with Gasteiger partial charge in [0.05, 0.1) is 0 Å². The number of nitrogens with two attached hydrogens (primary N) is 1. The van der Waals surface area contributed by atoms with Gasteiger partial charge in [-0.2, -0.15) is 0 Å². The zero-order valence-corrected chi connectivity index (χ0v) is 14.0. The number of hydrogen-bond acceptors (Lipinski definition) is 6. The number of amides is 1. The largest absolute Gasteiger partial charge is 0.330 e. The van der Waals surface area contributed by atoms with Crippen LogP contribution in [0.4, 0.5) is 5.13 Å². The van der Waals surface area contributed by atoms with Crippen LogP contribution < -0.4 is 11.1 Å². The average Bonchev–Trinajstić information content (AvgIpc) is 2.98. The van der Waals surface area contributed by atoms with Gasteiger partial charge in [0.15, 0.2) is 0 Å². The lowest BCUT2D eigenvalue weighted by Gasteiger charge is -2.00. The Balaban J connectivity index is 1.67. The molecule has 0 aliphatic heterocycles. The van der Waals surface area contributed by atoms with Crippen molar-refractivity contribution in [1.82, 2.24) is 10.2 Å². The molecule has 0 bridgehead atoms. The lowest BCUT2D eigenvalue weighted by Crippen LogP contribution is -2.13. The van der Waals surface area contributed by atoms with Gasteiger partial charge in [0.1, 0.15) is 5.01 Å². The van der Waals surface area contributed by atoms with Crippen LogP contribution in [0.5, 0.6) is 0 Å². The van der Waals surface area contributed by atoms with E-state index in [0.29, 0.717) is 24.5 Å². The van der Waals surface area contributed by atoms with Gasteiger partial charge in [-0.25, -0.2) is 0 Å². The monoisotopic (exact) mass is 336 g/mol. The molecule has 3 N–H and O–H groups in total. The fourth-order valence-corrected chi connectivity index (χ4v) is 3.45. The van der Waals surface area contributed by atoms with Crippen LogP contribution in [0, 0.1) is 0 Å². The second-order valence-electron chi connectivity index (χ2n) is 4.71. The summed E-state index contributed by atoms with van der Waals surface area (Å²) in [6, 6.07) is 10.4. The van der Waals surface area contributed by atoms with E-state index in [1.165, 1.54) is 16.2 Å². The summed E-state index contributed by atoms with van der Waals surface area (Å²) in [5.41, 5.74) is 5.38. The van der Waals surface area contributed by atoms with Crippen molar-refractivity contribution in [2.75, 3.05) is 17.6 Å². The van der Waals surface area contributed by atoms with Crippen molar-refractivity contribution >= 4 is 34.1 Å². The van der Waals surface area contributed by atoms with E-state index in [1.807, 2.05) is 30.0 Å². The van der Waals surface area contributed by atoms with E-state index in [0.717, 1.165) is 23.6 Å². The number of aryl methyl sites for hydroxylation is 1. The fourth-order valence-electron chi connectivity index (χ4n) is 1.78. The Morgan fingerprint density at radius 3 is 2.82 bits per heavy atom. The van der Waals surface area contributed by atoms with Crippen molar-refractivity contribution in [3.63, 3.8) is 0 Å². The standard InChI is InChI=1S/C15H20N4OS2/c16-10-4-8-13(20)17-15-19-18-14(22-15)9-5-11-21-12-6-2-1-3-7-12/h1-3,6-7H,4-5,8-11,16H2,(H,17,19,20). The van der Waals surface area contributed by atoms with Crippen molar-refractivity contribution in [1.29, 1.82) is 0 Å². The van der Waals surface area contributed by atoms with Crippen LogP contribution in [0.2, 0.25) is 0 Å². The van der Waals surface area contributed by atoms with Gasteiger partial charge < -0.3 is 11.1 Å². The molecule has 0 saturated carbocycles. The SMILES string of the molecule is NCCCC(=O)Nc1nnc(CCCSc2ccccc2)s1. The van der Waals surface area contributed by atoms with Gasteiger partial charge in [-0.15, -0.1) is 22.0 Å². The first-order valence-corrected chi connectivity index (χ1v) is 9.08. The molecule has 0 aliphatic rings. The Morgan fingerprint density at radius 1 is 1.23 bits per heavy atom. The number of benzene rings is 1. The number of carbonyl (C=O) groups is 1. The molecule has 0 saturated heterocycles. The van der Waals surface area contributed by atoms with Gasteiger partial charge in [0.25, 0.3) is 0 Å². The Bertz CT molecular complexity index is 574. The number of hydrogen-bond donors (Lipinski definition) is 2. The molecule has 0 radical (unpaired) electrons. The normalized spacial score (nSPS) is 10.6. The maximum absolute atomic E-state index is 11.6. The number of carbonyl (C=O) groups excluding carboxylic acids is 1. The molecular formula is C15H20N4OS2. The summed E-state index contributed by atoms with van der Waals surface area (Å²) in [6.07, 6.45) is 3.04. The Hall–Kier alpha value is -1.44. The van der Waals surface area contributed by atoms with Crippen LogP contribution in [0.1, 0.15) is 24.3 Å². The maximum Gasteiger partial charge on any atom is 0.226 e. The van der Waals surface area contributed by atoms with Crippen molar-refractivity contribution in [2.45, 2.75) is 30.6 Å². The van der Waals surface area contributed by atoms with E-state index >= 15 is 0 Å². The summed E-state index contributed by atoms with van der Waals surface area (Å²) in [6.45, 7) is 0.522. The minimum atomic E-state index is -0.0483. The van der Waals surface area contributed by atoms with Crippen LogP contribution in [0.3, 0.4) is 0 Å². The van der Waals surface area contributed by atoms with E-state index in [4.69, 9.17) is 5.73 Å². The summed E-state index contributed by atoms with van der Waals surface area (Å²) >= 11 is 3.29. The molecular weight excluding hydrogens is 316 g/mol. The maximum atomic E-state index is 11.6. The molecule has 7 heteroatoms. The van der Waals surface area contributed by atoms with Crippen molar-refractivity contribution < 1.29 is 4.79 Å². The number of nitrogens with zero attached hydrogens (tertiary/aromatic N) is 2. The molecule has 0 unspecified atom stereocenters. The molecule has 0 atom stereocenters. The molecule has 1 aromatic carbocycles. The highest BCUT2D eigenvalue weighted by atomic mass is 32.2. The van der Waals surface area contributed by atoms with Gasteiger partial charge in [0.2, 0.25) is 11.0 Å². The summed E-state index contributed by atoms with van der Waals surface area (Å²) in [7, 11) is 0. The molecule has 2 aromatic rings. The van der Waals surface area contributed by atoms with Crippen LogP contribution in [0.25, 0.3) is 0 Å². The number of thioether (sulfide) groups is 1. The third-order valence-corrected chi connectivity index (χ3v) is 4.86. The lowest BCUT2D eigenvalue weighted by molar-refractivity contribution is -0.116. The zero-order chi connectivity index (χ0) is 15.6. The number of rotatable bonds is 9. The Morgan fingerprint density at radius 2 is 2.05 bits per heavy atom. The first-order chi connectivity index (χ1) is 10.8. The fraction of sp³-hybridized carbons (Fsp3) is 0.400. The van der Waals surface area contributed by atoms with Gasteiger partial charge in [-0.1, -0.05) is 29.5 Å². The second kappa shape index (κ2) is 9.55. The van der Waals surface area contributed by atoms with Gasteiger partial charge in [-0.3, -0.25) is 4.79 Å². The molecule has 1 amide bonds. The van der Waals surface area contributed by atoms with Gasteiger partial charge in [-0.05, 0) is 37.3 Å². The Kier molecular flexibility index (Phi) is 7.35. The van der Waals surface area contributed by atoms with E-state index < -0.39 is 0 Å². The van der Waals surface area contributed by atoms with E-state index in [-0.39, 0.29) is 5.91 Å². The van der Waals surface area contributed by atoms with E-state index in [9.17, 15) is 4.79 Å². The molecule has 118 valence electrons. The highest BCUT2D eigenvalue weighted by Crippen LogP contribution is 2.21. The van der Waals surface area contributed by atoms with Crippen molar-refractivity contribution in [3.05, 3.63) is 35.3 Å². The summed E-state index contributed by atoms with van der Waals surface area (Å²) in [5.74, 6) is 0.995.